The summed E-state index contributed by atoms with van der Waals surface area (Å²) < 4.78 is 18.9. The van der Waals surface area contributed by atoms with Crippen molar-refractivity contribution in [3.8, 4) is 23.0 Å². The van der Waals surface area contributed by atoms with E-state index >= 15 is 0 Å². The van der Waals surface area contributed by atoms with Crippen molar-refractivity contribution in [3.63, 3.8) is 0 Å². The zero-order chi connectivity index (χ0) is 29.9. The second-order valence-electron chi connectivity index (χ2n) is 9.97. The van der Waals surface area contributed by atoms with Crippen molar-refractivity contribution in [1.82, 2.24) is 29.5 Å². The van der Waals surface area contributed by atoms with E-state index in [1.165, 1.54) is 12.7 Å². The molecule has 220 valence electrons. The van der Waals surface area contributed by atoms with Crippen LogP contribution >= 0.6 is 11.6 Å². The van der Waals surface area contributed by atoms with E-state index in [2.05, 4.69) is 42.6 Å². The van der Waals surface area contributed by atoms with Crippen LogP contribution < -0.4 is 24.8 Å². The van der Waals surface area contributed by atoms with E-state index in [0.717, 1.165) is 19.4 Å². The predicted octanol–water partition coefficient (Wildman–Crippen LogP) is 5.47. The van der Waals surface area contributed by atoms with E-state index in [1.807, 2.05) is 6.08 Å². The second-order valence-corrected chi connectivity index (χ2v) is 10.4. The number of ether oxygens (including phenoxy) is 3. The highest BCUT2D eigenvalue weighted by Gasteiger charge is 2.19. The average molecular weight is 601 g/mol. The molecule has 0 radical (unpaired) electrons. The van der Waals surface area contributed by atoms with Crippen LogP contribution in [0.1, 0.15) is 12.8 Å². The molecule has 2 aromatic carbocycles. The number of rotatable bonds is 9. The number of carbonyl (C=O) groups is 1. The van der Waals surface area contributed by atoms with Gasteiger partial charge in [-0.3, -0.25) is 9.69 Å². The van der Waals surface area contributed by atoms with Crippen LogP contribution in [0.15, 0.2) is 67.4 Å². The van der Waals surface area contributed by atoms with E-state index < -0.39 is 0 Å². The maximum absolute atomic E-state index is 12.8. The lowest BCUT2D eigenvalue weighted by Crippen LogP contribution is -2.23. The molecule has 1 atom stereocenters. The van der Waals surface area contributed by atoms with Crippen LogP contribution in [0.5, 0.6) is 23.0 Å². The third kappa shape index (κ3) is 6.01. The fraction of sp³-hybridized carbons (Fsp3) is 0.233. The molecule has 0 spiro atoms. The molecule has 0 aliphatic carbocycles. The Kier molecular flexibility index (Phi) is 7.95. The summed E-state index contributed by atoms with van der Waals surface area (Å²) in [5.74, 6) is 2.11. The normalized spacial score (nSPS) is 15.3. The number of nitrogens with one attached hydrogen (secondary N) is 2. The maximum atomic E-state index is 12.8. The summed E-state index contributed by atoms with van der Waals surface area (Å²) in [5.41, 5.74) is 2.29. The standard InChI is InChI=1S/C30H29ClN8O4/c1-38-9-4-5-18(38)6-7-29(40)36-23-12-20-22(14-26(23)41-2)32-16-34-30(20)37-24-13-21(31)25(15-27(24)42-3)43-19-8-10-39-28(11-19)33-17-35-39/h6-8,10-18H,4-5,9H2,1-3H3,(H,36,40)(H,32,34,37). The smallest absolute Gasteiger partial charge is 0.248 e. The van der Waals surface area contributed by atoms with Gasteiger partial charge in [0.2, 0.25) is 5.91 Å². The number of methoxy groups -OCH3 is 2. The number of likely N-dealkylation sites (N-methyl/N-ethyl adjacent to an activating group) is 1. The molecule has 1 fully saturated rings. The quantitative estimate of drug-likeness (QED) is 0.210. The van der Waals surface area contributed by atoms with Crippen LogP contribution in [0.25, 0.3) is 16.6 Å². The van der Waals surface area contributed by atoms with Crippen molar-refractivity contribution in [2.75, 3.05) is 38.4 Å². The summed E-state index contributed by atoms with van der Waals surface area (Å²) in [5, 5.41) is 11.3. The molecule has 2 N–H and O–H groups in total. The highest BCUT2D eigenvalue weighted by molar-refractivity contribution is 6.32. The number of carbonyl (C=O) groups excluding carboxylic acids is 1. The Morgan fingerprint density at radius 2 is 1.86 bits per heavy atom. The summed E-state index contributed by atoms with van der Waals surface area (Å²) in [6, 6.07) is 10.7. The van der Waals surface area contributed by atoms with Crippen molar-refractivity contribution >= 4 is 51.3 Å². The van der Waals surface area contributed by atoms with Crippen LogP contribution in [0, 0.1) is 0 Å². The van der Waals surface area contributed by atoms with Crippen LogP contribution in [0.4, 0.5) is 17.2 Å². The first kappa shape index (κ1) is 28.2. The second kappa shape index (κ2) is 12.1. The van der Waals surface area contributed by atoms with Gasteiger partial charge in [-0.25, -0.2) is 19.5 Å². The molecule has 4 heterocycles. The Balaban J connectivity index is 1.27. The largest absolute Gasteiger partial charge is 0.494 e. The van der Waals surface area contributed by atoms with Gasteiger partial charge in [0.25, 0.3) is 0 Å². The van der Waals surface area contributed by atoms with Crippen molar-refractivity contribution < 1.29 is 19.0 Å². The molecule has 0 saturated carbocycles. The number of likely N-dealkylation sites (tertiary alicyclic amines) is 1. The fourth-order valence-corrected chi connectivity index (χ4v) is 5.20. The monoisotopic (exact) mass is 600 g/mol. The van der Waals surface area contributed by atoms with Gasteiger partial charge in [0.05, 0.1) is 36.1 Å². The molecule has 3 aromatic heterocycles. The van der Waals surface area contributed by atoms with Gasteiger partial charge in [0.1, 0.15) is 41.5 Å². The van der Waals surface area contributed by atoms with Gasteiger partial charge in [0, 0.05) is 41.9 Å². The van der Waals surface area contributed by atoms with Crippen molar-refractivity contribution in [2.45, 2.75) is 18.9 Å². The van der Waals surface area contributed by atoms with Gasteiger partial charge < -0.3 is 24.8 Å². The first-order chi connectivity index (χ1) is 20.9. The van der Waals surface area contributed by atoms with Crippen molar-refractivity contribution in [3.05, 3.63) is 72.4 Å². The summed E-state index contributed by atoms with van der Waals surface area (Å²) in [6.45, 7) is 1.02. The van der Waals surface area contributed by atoms with E-state index in [1.54, 1.807) is 67.4 Å². The summed E-state index contributed by atoms with van der Waals surface area (Å²) >= 11 is 6.64. The lowest BCUT2D eigenvalue weighted by atomic mass is 10.1. The Morgan fingerprint density at radius 1 is 1.02 bits per heavy atom. The third-order valence-corrected chi connectivity index (χ3v) is 7.54. The molecule has 12 nitrogen and oxygen atoms in total. The average Bonchev–Trinajstić information content (AvgIpc) is 3.65. The lowest BCUT2D eigenvalue weighted by Gasteiger charge is -2.16. The Bertz CT molecular complexity index is 1840. The fourth-order valence-electron chi connectivity index (χ4n) is 5.00. The molecule has 5 aromatic rings. The number of fused-ring (bicyclic) bond motifs is 2. The SMILES string of the molecule is COc1cc2ncnc(Nc3cc(Cl)c(Oc4ccn5ncnc5c4)cc3OC)c2cc1NC(=O)C=CC1CCCN1C. The lowest BCUT2D eigenvalue weighted by molar-refractivity contribution is -0.111. The van der Waals surface area contributed by atoms with Crippen LogP contribution in [0.3, 0.4) is 0 Å². The predicted molar refractivity (Wildman–Crippen MR) is 164 cm³/mol. The summed E-state index contributed by atoms with van der Waals surface area (Å²) in [4.78, 5) is 28.1. The molecule has 1 unspecified atom stereocenters. The number of hydrogen-bond donors (Lipinski definition) is 2. The molecule has 43 heavy (non-hydrogen) atoms. The van der Waals surface area contributed by atoms with Gasteiger partial charge in [-0.2, -0.15) is 5.10 Å². The first-order valence-corrected chi connectivity index (χ1v) is 13.9. The molecule has 6 rings (SSSR count). The van der Waals surface area contributed by atoms with Crippen molar-refractivity contribution in [1.29, 1.82) is 0 Å². The van der Waals surface area contributed by atoms with E-state index in [4.69, 9.17) is 25.8 Å². The molecule has 1 aliphatic rings. The molecule has 1 saturated heterocycles. The number of halogens is 1. The number of anilines is 3. The minimum absolute atomic E-state index is 0.253. The van der Waals surface area contributed by atoms with E-state index in [-0.39, 0.29) is 11.9 Å². The number of benzene rings is 2. The van der Waals surface area contributed by atoms with Gasteiger partial charge >= 0.3 is 0 Å². The zero-order valence-corrected chi connectivity index (χ0v) is 24.5. The number of amides is 1. The zero-order valence-electron chi connectivity index (χ0n) is 23.7. The highest BCUT2D eigenvalue weighted by atomic mass is 35.5. The Labute approximate surface area is 252 Å². The number of aromatic nitrogens is 5. The van der Waals surface area contributed by atoms with E-state index in [9.17, 15) is 4.79 Å². The molecular formula is C30H29ClN8O4. The summed E-state index contributed by atoms with van der Waals surface area (Å²) in [6.07, 6.45) is 10.3. The highest BCUT2D eigenvalue weighted by Crippen LogP contribution is 2.41. The first-order valence-electron chi connectivity index (χ1n) is 13.6. The molecule has 0 bridgehead atoms. The van der Waals surface area contributed by atoms with Crippen molar-refractivity contribution in [2.24, 2.45) is 0 Å². The number of hydrogen-bond acceptors (Lipinski definition) is 10. The van der Waals surface area contributed by atoms with Crippen LogP contribution in [0.2, 0.25) is 5.02 Å². The maximum Gasteiger partial charge on any atom is 0.248 e. The van der Waals surface area contributed by atoms with E-state index in [0.29, 0.717) is 61.8 Å². The van der Waals surface area contributed by atoms with Crippen LogP contribution in [-0.4, -0.2) is 69.2 Å². The van der Waals surface area contributed by atoms with Crippen LogP contribution in [-0.2, 0) is 4.79 Å². The summed E-state index contributed by atoms with van der Waals surface area (Å²) in [7, 11) is 5.15. The van der Waals surface area contributed by atoms with Gasteiger partial charge in [-0.1, -0.05) is 17.7 Å². The van der Waals surface area contributed by atoms with Gasteiger partial charge in [0.15, 0.2) is 5.65 Å². The third-order valence-electron chi connectivity index (χ3n) is 7.25. The van der Waals surface area contributed by atoms with Gasteiger partial charge in [-0.15, -0.1) is 0 Å². The minimum Gasteiger partial charge on any atom is -0.494 e. The number of pyridine rings is 1. The number of nitrogens with zero attached hydrogens (tertiary/aromatic N) is 6. The Morgan fingerprint density at radius 3 is 2.65 bits per heavy atom. The molecule has 1 aliphatic heterocycles. The topological polar surface area (TPSA) is 128 Å². The van der Waals surface area contributed by atoms with Gasteiger partial charge in [-0.05, 0) is 44.6 Å². The minimum atomic E-state index is -0.253. The molecule has 13 heteroatoms. The Hall–Kier alpha value is -4.94. The molecular weight excluding hydrogens is 572 g/mol. The molecule has 1 amide bonds.